The molecule has 1 amide bonds. The van der Waals surface area contributed by atoms with Crippen molar-refractivity contribution in [2.45, 2.75) is 32.9 Å². The van der Waals surface area contributed by atoms with Gasteiger partial charge < -0.3 is 4.90 Å². The molecule has 0 radical (unpaired) electrons. The minimum absolute atomic E-state index is 0.0339. The molecule has 28 heavy (non-hydrogen) atoms. The van der Waals surface area contributed by atoms with E-state index in [2.05, 4.69) is 0 Å². The van der Waals surface area contributed by atoms with Crippen molar-refractivity contribution >= 4 is 62.1 Å². The van der Waals surface area contributed by atoms with E-state index in [4.69, 9.17) is 46.4 Å². The fourth-order valence-electron chi connectivity index (χ4n) is 4.02. The second-order valence-corrected chi connectivity index (χ2v) is 12.1. The summed E-state index contributed by atoms with van der Waals surface area (Å²) in [7, 11) is -3.15. The summed E-state index contributed by atoms with van der Waals surface area (Å²) in [5.74, 6) is -0.455. The summed E-state index contributed by atoms with van der Waals surface area (Å²) in [5, 5.41) is 0.946. The highest BCUT2D eigenvalue weighted by Gasteiger charge is 2.62. The molecule has 3 rings (SSSR count). The number of hydrogen-bond acceptors (Lipinski definition) is 3. The summed E-state index contributed by atoms with van der Waals surface area (Å²) < 4.78 is 24.2. The van der Waals surface area contributed by atoms with Gasteiger partial charge in [0, 0.05) is 22.6 Å². The molecule has 1 saturated heterocycles. The smallest absolute Gasteiger partial charge is 0.227 e. The Hall–Kier alpha value is -0.460. The first-order valence-electron chi connectivity index (χ1n) is 8.90. The van der Waals surface area contributed by atoms with Crippen LogP contribution in [0.3, 0.4) is 0 Å². The zero-order valence-electron chi connectivity index (χ0n) is 15.5. The van der Waals surface area contributed by atoms with Crippen LogP contribution in [0.15, 0.2) is 28.8 Å². The third-order valence-corrected chi connectivity index (χ3v) is 8.36. The van der Waals surface area contributed by atoms with Crippen molar-refractivity contribution in [3.63, 3.8) is 0 Å². The first-order valence-corrected chi connectivity index (χ1v) is 12.2. The number of halogens is 4. The molecule has 2 fully saturated rings. The van der Waals surface area contributed by atoms with Gasteiger partial charge in [0.05, 0.1) is 17.4 Å². The molecule has 0 spiro atoms. The Balaban J connectivity index is 1.90. The largest absolute Gasteiger partial charge is 0.334 e. The van der Waals surface area contributed by atoms with Crippen LogP contribution in [0.2, 0.25) is 10.0 Å². The second kappa shape index (κ2) is 7.99. The Kier molecular flexibility index (Phi) is 6.35. The number of sulfone groups is 1. The first kappa shape index (κ1) is 22.2. The van der Waals surface area contributed by atoms with Crippen molar-refractivity contribution < 1.29 is 13.2 Å². The summed E-state index contributed by atoms with van der Waals surface area (Å²) in [4.78, 5) is 15.1. The summed E-state index contributed by atoms with van der Waals surface area (Å²) in [5.41, 5.74) is 0.427. The lowest BCUT2D eigenvalue weighted by molar-refractivity contribution is -0.136. The molecule has 3 unspecified atom stereocenters. The number of carbonyl (C=O) groups excluding carboxylic acids is 1. The Labute approximate surface area is 185 Å². The fraction of sp³-hybridized carbons (Fsp3) is 0.526. The maximum Gasteiger partial charge on any atom is 0.227 e. The molecule has 1 aliphatic heterocycles. The van der Waals surface area contributed by atoms with Gasteiger partial charge >= 0.3 is 0 Å². The van der Waals surface area contributed by atoms with Gasteiger partial charge in [-0.05, 0) is 41.5 Å². The van der Waals surface area contributed by atoms with Crippen LogP contribution in [-0.4, -0.2) is 36.8 Å². The van der Waals surface area contributed by atoms with Gasteiger partial charge in [0.2, 0.25) is 5.91 Å². The molecule has 1 heterocycles. The number of hydrogen-bond donors (Lipinski definition) is 0. The molecule has 2 aliphatic rings. The van der Waals surface area contributed by atoms with Gasteiger partial charge in [-0.2, -0.15) is 0 Å². The lowest BCUT2D eigenvalue weighted by Crippen LogP contribution is -2.42. The van der Waals surface area contributed by atoms with Crippen molar-refractivity contribution in [1.29, 1.82) is 0 Å². The number of rotatable bonds is 5. The van der Waals surface area contributed by atoms with Gasteiger partial charge in [0.25, 0.3) is 0 Å². The molecule has 0 N–H and O–H groups in total. The van der Waals surface area contributed by atoms with E-state index < -0.39 is 9.84 Å². The minimum Gasteiger partial charge on any atom is -0.334 e. The SMILES string of the molecule is CC1(C)C(C=C(Cl)Cl)C1C(=O)N(Cc1ccc(Cl)cc1Cl)C1CCS(=O)(=O)C1. The predicted octanol–water partition coefficient (Wildman–Crippen LogP) is 5.10. The first-order chi connectivity index (χ1) is 12.9. The van der Waals surface area contributed by atoms with Gasteiger partial charge in [0.15, 0.2) is 9.84 Å². The normalized spacial score (nSPS) is 27.3. The van der Waals surface area contributed by atoms with Crippen LogP contribution in [0, 0.1) is 17.3 Å². The van der Waals surface area contributed by atoms with E-state index in [0.29, 0.717) is 16.5 Å². The Morgan fingerprint density at radius 3 is 2.50 bits per heavy atom. The van der Waals surface area contributed by atoms with Crippen LogP contribution in [0.4, 0.5) is 0 Å². The Morgan fingerprint density at radius 2 is 1.96 bits per heavy atom. The van der Waals surface area contributed by atoms with Crippen LogP contribution in [0.5, 0.6) is 0 Å². The zero-order valence-corrected chi connectivity index (χ0v) is 19.3. The van der Waals surface area contributed by atoms with E-state index in [1.54, 1.807) is 29.2 Å². The van der Waals surface area contributed by atoms with E-state index in [1.165, 1.54) is 0 Å². The van der Waals surface area contributed by atoms with E-state index in [1.807, 2.05) is 13.8 Å². The molecule has 1 aromatic carbocycles. The van der Waals surface area contributed by atoms with Crippen molar-refractivity contribution in [3.8, 4) is 0 Å². The molecular weight excluding hydrogens is 464 g/mol. The average Bonchev–Trinajstić information content (AvgIpc) is 2.90. The van der Waals surface area contributed by atoms with Crippen LogP contribution in [0.1, 0.15) is 25.8 Å². The molecular formula is C19H21Cl4NO3S. The quantitative estimate of drug-likeness (QED) is 0.584. The number of amides is 1. The lowest BCUT2D eigenvalue weighted by atomic mass is 10.1. The number of nitrogens with zero attached hydrogens (tertiary/aromatic N) is 1. The maximum absolute atomic E-state index is 13.4. The summed E-state index contributed by atoms with van der Waals surface area (Å²) in [6.07, 6.45) is 2.10. The number of benzene rings is 1. The number of allylic oxidation sites excluding steroid dienone is 1. The third kappa shape index (κ3) is 4.65. The predicted molar refractivity (Wildman–Crippen MR) is 115 cm³/mol. The summed E-state index contributed by atoms with van der Waals surface area (Å²) >= 11 is 23.9. The van der Waals surface area contributed by atoms with Crippen LogP contribution in [-0.2, 0) is 21.2 Å². The highest BCUT2D eigenvalue weighted by Crippen LogP contribution is 2.60. The second-order valence-electron chi connectivity index (χ2n) is 8.04. The van der Waals surface area contributed by atoms with E-state index >= 15 is 0 Å². The van der Waals surface area contributed by atoms with E-state index in [-0.39, 0.29) is 51.7 Å². The van der Waals surface area contributed by atoms with Crippen molar-refractivity contribution in [3.05, 3.63) is 44.4 Å². The molecule has 154 valence electrons. The summed E-state index contributed by atoms with van der Waals surface area (Å²) in [6, 6.07) is 4.71. The fourth-order valence-corrected chi connectivity index (χ4v) is 6.49. The standard InChI is InChI=1S/C19H21Cl4NO3S/c1-19(2)14(8-16(22)23)17(19)18(25)24(13-5-6-28(26,27)10-13)9-11-3-4-12(20)7-15(11)21/h3-4,7-8,13-14,17H,5-6,9-10H2,1-2H3. The molecule has 0 aromatic heterocycles. The van der Waals surface area contributed by atoms with Gasteiger partial charge in [-0.15, -0.1) is 0 Å². The van der Waals surface area contributed by atoms with E-state index in [9.17, 15) is 13.2 Å². The lowest BCUT2D eigenvalue weighted by Gasteiger charge is -2.29. The molecule has 1 aromatic rings. The molecule has 0 bridgehead atoms. The van der Waals surface area contributed by atoms with Crippen molar-refractivity contribution in [2.24, 2.45) is 17.3 Å². The van der Waals surface area contributed by atoms with Gasteiger partial charge in [-0.3, -0.25) is 4.79 Å². The van der Waals surface area contributed by atoms with E-state index in [0.717, 1.165) is 5.56 Å². The van der Waals surface area contributed by atoms with Gasteiger partial charge in [-0.1, -0.05) is 66.3 Å². The topological polar surface area (TPSA) is 54.5 Å². The third-order valence-electron chi connectivity index (χ3n) is 5.77. The minimum atomic E-state index is -3.15. The molecule has 1 aliphatic carbocycles. The highest BCUT2D eigenvalue weighted by atomic mass is 35.5. The van der Waals surface area contributed by atoms with Crippen LogP contribution >= 0.6 is 46.4 Å². The Morgan fingerprint density at radius 1 is 1.29 bits per heavy atom. The monoisotopic (exact) mass is 483 g/mol. The van der Waals surface area contributed by atoms with Crippen molar-refractivity contribution in [1.82, 2.24) is 4.90 Å². The molecule has 3 atom stereocenters. The van der Waals surface area contributed by atoms with Crippen LogP contribution < -0.4 is 0 Å². The molecule has 9 heteroatoms. The maximum atomic E-state index is 13.4. The summed E-state index contributed by atoms with van der Waals surface area (Å²) in [6.45, 7) is 4.19. The zero-order chi connectivity index (χ0) is 20.9. The Bertz CT molecular complexity index is 925. The van der Waals surface area contributed by atoms with Crippen LogP contribution in [0.25, 0.3) is 0 Å². The van der Waals surface area contributed by atoms with Crippen molar-refractivity contribution in [2.75, 3.05) is 11.5 Å². The molecule has 1 saturated carbocycles. The number of carbonyl (C=O) groups is 1. The van der Waals surface area contributed by atoms with Gasteiger partial charge in [-0.25, -0.2) is 8.42 Å². The van der Waals surface area contributed by atoms with Gasteiger partial charge in [0.1, 0.15) is 4.49 Å². The highest BCUT2D eigenvalue weighted by molar-refractivity contribution is 7.91. The molecule has 4 nitrogen and oxygen atoms in total. The average molecular weight is 485 g/mol.